The summed E-state index contributed by atoms with van der Waals surface area (Å²) in [6.45, 7) is 6.68. The van der Waals surface area contributed by atoms with Crippen molar-refractivity contribution in [3.05, 3.63) is 65.0 Å². The molecule has 2 atom stereocenters. The molecule has 1 amide bonds. The quantitative estimate of drug-likeness (QED) is 0.643. The summed E-state index contributed by atoms with van der Waals surface area (Å²) in [6, 6.07) is 14.0. The van der Waals surface area contributed by atoms with Crippen LogP contribution in [0.2, 0.25) is 0 Å². The van der Waals surface area contributed by atoms with Crippen molar-refractivity contribution in [1.29, 1.82) is 0 Å². The zero-order valence-electron chi connectivity index (χ0n) is 17.2. The third-order valence-electron chi connectivity index (χ3n) is 5.65. The summed E-state index contributed by atoms with van der Waals surface area (Å²) >= 11 is 0. The van der Waals surface area contributed by atoms with Gasteiger partial charge in [-0.05, 0) is 50.1 Å². The summed E-state index contributed by atoms with van der Waals surface area (Å²) < 4.78 is 10.8. The van der Waals surface area contributed by atoms with E-state index in [9.17, 15) is 4.79 Å². The molecule has 2 unspecified atom stereocenters. The van der Waals surface area contributed by atoms with E-state index >= 15 is 0 Å². The first-order valence-electron chi connectivity index (χ1n) is 9.81. The molecule has 0 spiro atoms. The number of hydrogen-bond acceptors (Lipinski definition) is 5. The third kappa shape index (κ3) is 3.75. The minimum atomic E-state index is -0.0884. The number of methoxy groups -OCH3 is 1. The van der Waals surface area contributed by atoms with E-state index in [2.05, 4.69) is 28.3 Å². The molecule has 6 heteroatoms. The topological polar surface area (TPSA) is 68.5 Å². The highest BCUT2D eigenvalue weighted by Crippen LogP contribution is 2.34. The highest BCUT2D eigenvalue weighted by atomic mass is 16.5. The van der Waals surface area contributed by atoms with E-state index < -0.39 is 0 Å². The van der Waals surface area contributed by atoms with Crippen LogP contribution in [0.15, 0.2) is 47.0 Å². The number of carbonyl (C=O) groups is 1. The average Bonchev–Trinajstić information content (AvgIpc) is 3.36. The van der Waals surface area contributed by atoms with Crippen LogP contribution >= 0.6 is 0 Å². The number of amides is 1. The van der Waals surface area contributed by atoms with E-state index in [1.165, 1.54) is 0 Å². The Bertz CT molecular complexity index is 1030. The maximum Gasteiger partial charge on any atom is 0.232 e. The van der Waals surface area contributed by atoms with Gasteiger partial charge in [0.05, 0.1) is 19.1 Å². The Morgan fingerprint density at radius 2 is 1.93 bits per heavy atom. The summed E-state index contributed by atoms with van der Waals surface area (Å²) in [4.78, 5) is 19.2. The first-order valence-corrected chi connectivity index (χ1v) is 9.81. The fourth-order valence-corrected chi connectivity index (χ4v) is 3.82. The number of likely N-dealkylation sites (tertiary alicyclic amines) is 1. The van der Waals surface area contributed by atoms with Gasteiger partial charge in [0.2, 0.25) is 17.6 Å². The second-order valence-electron chi connectivity index (χ2n) is 7.67. The van der Waals surface area contributed by atoms with Crippen LogP contribution in [0.4, 0.5) is 0 Å². The molecule has 1 aliphatic rings. The summed E-state index contributed by atoms with van der Waals surface area (Å²) in [5, 5.41) is 4.18. The number of benzene rings is 2. The van der Waals surface area contributed by atoms with E-state index in [4.69, 9.17) is 9.26 Å². The highest BCUT2D eigenvalue weighted by molar-refractivity contribution is 5.80. The Morgan fingerprint density at radius 3 is 2.66 bits per heavy atom. The van der Waals surface area contributed by atoms with Crippen LogP contribution < -0.4 is 4.74 Å². The van der Waals surface area contributed by atoms with Gasteiger partial charge in [-0.2, -0.15) is 4.98 Å². The van der Waals surface area contributed by atoms with Crippen molar-refractivity contribution in [1.82, 2.24) is 15.0 Å². The second-order valence-corrected chi connectivity index (χ2v) is 7.67. The van der Waals surface area contributed by atoms with Gasteiger partial charge in [-0.3, -0.25) is 4.79 Å². The molecule has 0 saturated carbocycles. The molecule has 4 rings (SSSR count). The largest absolute Gasteiger partial charge is 0.497 e. The van der Waals surface area contributed by atoms with Gasteiger partial charge < -0.3 is 14.2 Å². The molecule has 0 aliphatic carbocycles. The molecular weight excluding hydrogens is 366 g/mol. The van der Waals surface area contributed by atoms with Crippen LogP contribution in [0.5, 0.6) is 5.75 Å². The number of nitrogens with zero attached hydrogens (tertiary/aromatic N) is 3. The Labute approximate surface area is 170 Å². The zero-order chi connectivity index (χ0) is 20.5. The number of aryl methyl sites for hydroxylation is 2. The van der Waals surface area contributed by atoms with E-state index in [1.54, 1.807) is 7.11 Å². The van der Waals surface area contributed by atoms with Crippen molar-refractivity contribution in [2.45, 2.75) is 39.2 Å². The Kier molecular flexibility index (Phi) is 5.09. The van der Waals surface area contributed by atoms with Crippen LogP contribution in [-0.4, -0.2) is 34.6 Å². The Morgan fingerprint density at radius 1 is 1.17 bits per heavy atom. The summed E-state index contributed by atoms with van der Waals surface area (Å²) in [5.41, 5.74) is 4.28. The average molecular weight is 391 g/mol. The van der Waals surface area contributed by atoms with E-state index in [0.29, 0.717) is 24.7 Å². The zero-order valence-corrected chi connectivity index (χ0v) is 17.2. The van der Waals surface area contributed by atoms with Crippen LogP contribution in [0.1, 0.15) is 47.9 Å². The van der Waals surface area contributed by atoms with Gasteiger partial charge in [0.25, 0.3) is 0 Å². The summed E-state index contributed by atoms with van der Waals surface area (Å²) in [6.07, 6.45) is 0.384. The summed E-state index contributed by atoms with van der Waals surface area (Å²) in [5.74, 6) is 1.92. The van der Waals surface area contributed by atoms with Crippen LogP contribution in [0.3, 0.4) is 0 Å². The predicted molar refractivity (Wildman–Crippen MR) is 110 cm³/mol. The standard InChI is InChI=1S/C23H25N3O3/c1-14-5-6-15(2)20(11-14)22-24-23(29-25-22)18-12-21(27)26(13-18)16(3)17-7-9-19(28-4)10-8-17/h5-11,16,18H,12-13H2,1-4H3. The molecule has 0 radical (unpaired) electrons. The lowest BCUT2D eigenvalue weighted by Gasteiger charge is -2.25. The van der Waals surface area contributed by atoms with Gasteiger partial charge >= 0.3 is 0 Å². The first-order chi connectivity index (χ1) is 14.0. The SMILES string of the molecule is COc1ccc(C(C)N2CC(c3nc(-c4cc(C)ccc4C)no3)CC2=O)cc1. The molecule has 3 aromatic rings. The highest BCUT2D eigenvalue weighted by Gasteiger charge is 2.37. The van der Waals surface area contributed by atoms with Gasteiger partial charge in [-0.25, -0.2) is 0 Å². The molecule has 1 fully saturated rings. The lowest BCUT2D eigenvalue weighted by atomic mass is 10.1. The number of hydrogen-bond donors (Lipinski definition) is 0. The second kappa shape index (κ2) is 7.70. The maximum atomic E-state index is 12.7. The Balaban J connectivity index is 1.52. The molecule has 0 N–H and O–H groups in total. The van der Waals surface area contributed by atoms with E-state index in [1.807, 2.05) is 49.9 Å². The monoisotopic (exact) mass is 391 g/mol. The van der Waals surface area contributed by atoms with Gasteiger partial charge in [-0.15, -0.1) is 0 Å². The van der Waals surface area contributed by atoms with Gasteiger partial charge in [-0.1, -0.05) is 35.0 Å². The summed E-state index contributed by atoms with van der Waals surface area (Å²) in [7, 11) is 1.64. The fraction of sp³-hybridized carbons (Fsp3) is 0.348. The molecule has 6 nitrogen and oxygen atoms in total. The van der Waals surface area contributed by atoms with Crippen molar-refractivity contribution in [3.8, 4) is 17.1 Å². The minimum absolute atomic E-state index is 0.0279. The van der Waals surface area contributed by atoms with Crippen molar-refractivity contribution >= 4 is 5.91 Å². The van der Waals surface area contributed by atoms with Crippen molar-refractivity contribution in [2.75, 3.05) is 13.7 Å². The molecule has 0 bridgehead atoms. The predicted octanol–water partition coefficient (Wildman–Crippen LogP) is 4.44. The lowest BCUT2D eigenvalue weighted by molar-refractivity contribution is -0.129. The third-order valence-corrected chi connectivity index (χ3v) is 5.65. The number of carbonyl (C=O) groups excluding carboxylic acids is 1. The molecular formula is C23H25N3O3. The Hall–Kier alpha value is -3.15. The minimum Gasteiger partial charge on any atom is -0.497 e. The number of rotatable bonds is 5. The lowest BCUT2D eigenvalue weighted by Crippen LogP contribution is -2.28. The first kappa shape index (κ1) is 19.2. The van der Waals surface area contributed by atoms with Crippen LogP contribution in [0.25, 0.3) is 11.4 Å². The van der Waals surface area contributed by atoms with E-state index in [0.717, 1.165) is 28.0 Å². The van der Waals surface area contributed by atoms with Crippen molar-refractivity contribution in [2.24, 2.45) is 0 Å². The van der Waals surface area contributed by atoms with Crippen molar-refractivity contribution < 1.29 is 14.1 Å². The molecule has 1 aliphatic heterocycles. The van der Waals surface area contributed by atoms with Gasteiger partial charge in [0.1, 0.15) is 5.75 Å². The maximum absolute atomic E-state index is 12.7. The molecule has 1 saturated heterocycles. The normalized spacial score (nSPS) is 17.6. The van der Waals surface area contributed by atoms with Gasteiger partial charge in [0.15, 0.2) is 0 Å². The number of aromatic nitrogens is 2. The van der Waals surface area contributed by atoms with Crippen molar-refractivity contribution in [3.63, 3.8) is 0 Å². The molecule has 2 aromatic carbocycles. The molecule has 2 heterocycles. The van der Waals surface area contributed by atoms with Crippen LogP contribution in [-0.2, 0) is 4.79 Å². The fourth-order valence-electron chi connectivity index (χ4n) is 3.82. The number of ether oxygens (including phenoxy) is 1. The molecule has 150 valence electrons. The molecule has 29 heavy (non-hydrogen) atoms. The smallest absolute Gasteiger partial charge is 0.232 e. The van der Waals surface area contributed by atoms with Gasteiger partial charge in [0, 0.05) is 18.5 Å². The van der Waals surface area contributed by atoms with Crippen LogP contribution in [0, 0.1) is 13.8 Å². The molecule has 1 aromatic heterocycles. The van der Waals surface area contributed by atoms with E-state index in [-0.39, 0.29) is 17.9 Å².